The lowest BCUT2D eigenvalue weighted by molar-refractivity contribution is 1.10. The SMILES string of the molecule is C=N/C=c1/nc(Cl)nc(Cl)/c1=C/C. The van der Waals surface area contributed by atoms with Gasteiger partial charge in [0.2, 0.25) is 5.28 Å². The van der Waals surface area contributed by atoms with E-state index in [9.17, 15) is 0 Å². The van der Waals surface area contributed by atoms with Crippen LogP contribution in [-0.2, 0) is 0 Å². The van der Waals surface area contributed by atoms with E-state index in [1.807, 2.05) is 6.92 Å². The molecule has 0 saturated heterocycles. The molecule has 0 fully saturated rings. The molecule has 1 heterocycles. The maximum Gasteiger partial charge on any atom is 0.224 e. The predicted octanol–water partition coefficient (Wildman–Crippen LogP) is 1.02. The summed E-state index contributed by atoms with van der Waals surface area (Å²) >= 11 is 11.4. The van der Waals surface area contributed by atoms with E-state index >= 15 is 0 Å². The summed E-state index contributed by atoms with van der Waals surface area (Å²) in [5, 5.41) is 1.70. The quantitative estimate of drug-likeness (QED) is 0.399. The Morgan fingerprint density at radius 1 is 1.38 bits per heavy atom. The number of aliphatic imine (C=N–C) groups is 1. The second-order valence-electron chi connectivity index (χ2n) is 2.18. The van der Waals surface area contributed by atoms with E-state index in [-0.39, 0.29) is 5.28 Å². The van der Waals surface area contributed by atoms with Crippen LogP contribution in [0.15, 0.2) is 4.99 Å². The Labute approximate surface area is 85.5 Å². The molecule has 5 heteroatoms. The standard InChI is InChI=1S/C8H7Cl2N3/c1-3-5-6(4-11-2)12-8(10)13-7(5)9/h3-4H,2H2,1H3/b5-3+,6-4+. The molecular weight excluding hydrogens is 209 g/mol. The van der Waals surface area contributed by atoms with Crippen LogP contribution in [0.3, 0.4) is 0 Å². The zero-order valence-corrected chi connectivity index (χ0v) is 8.47. The van der Waals surface area contributed by atoms with Gasteiger partial charge in [-0.15, -0.1) is 0 Å². The highest BCUT2D eigenvalue weighted by atomic mass is 35.5. The lowest BCUT2D eigenvalue weighted by Gasteiger charge is -1.93. The Balaban J connectivity index is 3.68. The van der Waals surface area contributed by atoms with Crippen molar-refractivity contribution in [3.05, 3.63) is 21.0 Å². The molecular formula is C8H7Cl2N3. The van der Waals surface area contributed by atoms with Gasteiger partial charge in [0, 0.05) is 5.22 Å². The highest BCUT2D eigenvalue weighted by molar-refractivity contribution is 6.31. The second-order valence-corrected chi connectivity index (χ2v) is 2.88. The van der Waals surface area contributed by atoms with E-state index in [2.05, 4.69) is 21.7 Å². The Morgan fingerprint density at radius 2 is 2.08 bits per heavy atom. The van der Waals surface area contributed by atoms with Crippen molar-refractivity contribution in [1.29, 1.82) is 0 Å². The predicted molar refractivity (Wildman–Crippen MR) is 55.5 cm³/mol. The maximum atomic E-state index is 5.82. The molecule has 0 radical (unpaired) electrons. The third kappa shape index (κ3) is 2.26. The highest BCUT2D eigenvalue weighted by Crippen LogP contribution is 1.98. The first-order chi connectivity index (χ1) is 6.19. The lowest BCUT2D eigenvalue weighted by atomic mass is 10.4. The summed E-state index contributed by atoms with van der Waals surface area (Å²) in [6, 6.07) is 0. The van der Waals surface area contributed by atoms with Gasteiger partial charge in [-0.2, -0.15) is 0 Å². The van der Waals surface area contributed by atoms with Crippen LogP contribution in [0.1, 0.15) is 6.92 Å². The summed E-state index contributed by atoms with van der Waals surface area (Å²) in [4.78, 5) is 11.3. The molecule has 1 aromatic heterocycles. The van der Waals surface area contributed by atoms with Gasteiger partial charge >= 0.3 is 0 Å². The van der Waals surface area contributed by atoms with Crippen molar-refractivity contribution < 1.29 is 0 Å². The van der Waals surface area contributed by atoms with Gasteiger partial charge in [-0.05, 0) is 25.2 Å². The molecule has 1 aromatic rings. The molecule has 0 N–H and O–H groups in total. The third-order valence-electron chi connectivity index (χ3n) is 1.40. The Morgan fingerprint density at radius 3 is 2.62 bits per heavy atom. The van der Waals surface area contributed by atoms with Gasteiger partial charge in [-0.3, -0.25) is 4.99 Å². The van der Waals surface area contributed by atoms with E-state index < -0.39 is 0 Å². The molecule has 0 spiro atoms. The van der Waals surface area contributed by atoms with Gasteiger partial charge < -0.3 is 0 Å². The molecule has 0 atom stereocenters. The molecule has 0 aromatic carbocycles. The number of hydrogen-bond donors (Lipinski definition) is 0. The van der Waals surface area contributed by atoms with E-state index in [0.29, 0.717) is 15.7 Å². The van der Waals surface area contributed by atoms with Crippen LogP contribution in [0.4, 0.5) is 0 Å². The van der Waals surface area contributed by atoms with Crippen LogP contribution >= 0.6 is 23.2 Å². The van der Waals surface area contributed by atoms with Crippen LogP contribution < -0.4 is 10.6 Å². The van der Waals surface area contributed by atoms with Crippen molar-refractivity contribution in [3.8, 4) is 0 Å². The molecule has 0 aliphatic heterocycles. The fourth-order valence-corrected chi connectivity index (χ4v) is 1.39. The van der Waals surface area contributed by atoms with Crippen LogP contribution in [0.2, 0.25) is 10.4 Å². The topological polar surface area (TPSA) is 38.1 Å². The molecule has 0 aliphatic carbocycles. The van der Waals surface area contributed by atoms with Crippen LogP contribution in [0.25, 0.3) is 12.3 Å². The number of nitrogens with zero attached hydrogens (tertiary/aromatic N) is 3. The fraction of sp³-hybridized carbons (Fsp3) is 0.125. The van der Waals surface area contributed by atoms with Gasteiger partial charge in [0.1, 0.15) is 5.15 Å². The van der Waals surface area contributed by atoms with Gasteiger partial charge in [0.05, 0.1) is 11.5 Å². The first-order valence-electron chi connectivity index (χ1n) is 3.50. The Hall–Kier alpha value is -0.930. The van der Waals surface area contributed by atoms with Gasteiger partial charge in [0.25, 0.3) is 0 Å². The minimum Gasteiger partial charge on any atom is -0.270 e. The number of aromatic nitrogens is 2. The largest absolute Gasteiger partial charge is 0.270 e. The summed E-state index contributed by atoms with van der Waals surface area (Å²) in [7, 11) is 0. The van der Waals surface area contributed by atoms with E-state index in [0.717, 1.165) is 0 Å². The average Bonchev–Trinajstić information content (AvgIpc) is 2.04. The smallest absolute Gasteiger partial charge is 0.224 e. The maximum absolute atomic E-state index is 5.82. The molecule has 13 heavy (non-hydrogen) atoms. The zero-order valence-electron chi connectivity index (χ0n) is 6.96. The Kier molecular flexibility index (Phi) is 3.39. The van der Waals surface area contributed by atoms with E-state index in [1.165, 1.54) is 6.20 Å². The lowest BCUT2D eigenvalue weighted by Crippen LogP contribution is -2.30. The fourth-order valence-electron chi connectivity index (χ4n) is 0.883. The average molecular weight is 216 g/mol. The molecule has 0 amide bonds. The van der Waals surface area contributed by atoms with E-state index in [1.54, 1.807) is 6.08 Å². The van der Waals surface area contributed by atoms with Crippen molar-refractivity contribution in [3.63, 3.8) is 0 Å². The third-order valence-corrected chi connectivity index (χ3v) is 1.86. The minimum absolute atomic E-state index is 0.102. The second kappa shape index (κ2) is 4.35. The number of rotatable bonds is 1. The van der Waals surface area contributed by atoms with Crippen molar-refractivity contribution in [1.82, 2.24) is 9.97 Å². The van der Waals surface area contributed by atoms with Crippen molar-refractivity contribution in [2.75, 3.05) is 0 Å². The van der Waals surface area contributed by atoms with E-state index in [4.69, 9.17) is 23.2 Å². The molecule has 0 unspecified atom stereocenters. The zero-order chi connectivity index (χ0) is 9.84. The monoisotopic (exact) mass is 215 g/mol. The summed E-state index contributed by atoms with van der Waals surface area (Å²) in [5.74, 6) is 0. The molecule has 1 rings (SSSR count). The molecule has 3 nitrogen and oxygen atoms in total. The van der Waals surface area contributed by atoms with Crippen LogP contribution in [-0.4, -0.2) is 16.7 Å². The minimum atomic E-state index is 0.102. The molecule has 0 aliphatic rings. The summed E-state index contributed by atoms with van der Waals surface area (Å²) in [6.45, 7) is 5.16. The van der Waals surface area contributed by atoms with Crippen LogP contribution in [0.5, 0.6) is 0 Å². The van der Waals surface area contributed by atoms with Crippen LogP contribution in [0, 0.1) is 0 Å². The molecule has 0 bridgehead atoms. The van der Waals surface area contributed by atoms with Gasteiger partial charge in [-0.25, -0.2) is 9.97 Å². The summed E-state index contributed by atoms with van der Waals surface area (Å²) in [5.41, 5.74) is 0. The van der Waals surface area contributed by atoms with Gasteiger partial charge in [-0.1, -0.05) is 17.7 Å². The highest BCUT2D eigenvalue weighted by Gasteiger charge is 1.98. The Bertz CT molecular complexity index is 439. The number of hydrogen-bond acceptors (Lipinski definition) is 3. The van der Waals surface area contributed by atoms with Crippen molar-refractivity contribution in [2.24, 2.45) is 4.99 Å². The number of halogens is 2. The van der Waals surface area contributed by atoms with Gasteiger partial charge in [0.15, 0.2) is 0 Å². The molecule has 0 saturated carbocycles. The van der Waals surface area contributed by atoms with Crippen molar-refractivity contribution in [2.45, 2.75) is 6.92 Å². The van der Waals surface area contributed by atoms with Crippen molar-refractivity contribution >= 4 is 42.2 Å². The first kappa shape index (κ1) is 10.2. The molecule has 68 valence electrons. The summed E-state index contributed by atoms with van der Waals surface area (Å²) < 4.78 is 0. The summed E-state index contributed by atoms with van der Waals surface area (Å²) in [6.07, 6.45) is 3.27. The normalized spacial score (nSPS) is 13.5. The first-order valence-corrected chi connectivity index (χ1v) is 4.26.